The summed E-state index contributed by atoms with van der Waals surface area (Å²) < 4.78 is 0. The molecule has 0 saturated carbocycles. The maximum atomic E-state index is 10.1. The number of carbonyl (C=O) groups is 2. The van der Waals surface area contributed by atoms with Crippen LogP contribution in [-0.4, -0.2) is 49.0 Å². The molecule has 13 heteroatoms. The number of carbonyl (C=O) groups excluding carboxylic acids is 2. The van der Waals surface area contributed by atoms with Gasteiger partial charge in [0.05, 0.1) is 11.9 Å². The Morgan fingerprint density at radius 2 is 1.04 bits per heavy atom. The van der Waals surface area contributed by atoms with Gasteiger partial charge >= 0.3 is 27.3 Å². The average molecular weight is 459 g/mol. The summed E-state index contributed by atoms with van der Waals surface area (Å²) in [7, 11) is 0. The first kappa shape index (κ1) is 28.1. The summed E-state index contributed by atoms with van der Waals surface area (Å²) in [5.41, 5.74) is 30.5. The third kappa shape index (κ3) is 22.3. The fraction of sp³-hybridized carbons (Fsp3) is 0.667. The third-order valence-corrected chi connectivity index (χ3v) is 2.54. The maximum absolute atomic E-state index is 10.1. The van der Waals surface area contributed by atoms with Gasteiger partial charge in [0.15, 0.2) is 11.9 Å². The number of carboxylic acid groups (broad SMARTS) is 2. The number of hydrogen-bond donors (Lipinski definition) is 6. The van der Waals surface area contributed by atoms with E-state index in [-0.39, 0.29) is 39.2 Å². The molecule has 12 N–H and O–H groups in total. The summed E-state index contributed by atoms with van der Waals surface area (Å²) in [6, 6.07) is -1.86. The minimum Gasteiger partial charge on any atom is -0.548 e. The van der Waals surface area contributed by atoms with Gasteiger partial charge in [0.2, 0.25) is 0 Å². The zero-order valence-electron chi connectivity index (χ0n) is 14.1. The number of carboxylic acids is 2. The van der Waals surface area contributed by atoms with Gasteiger partial charge in [-0.1, -0.05) is 0 Å². The Labute approximate surface area is 166 Å². The van der Waals surface area contributed by atoms with Crippen molar-refractivity contribution in [2.24, 2.45) is 44.4 Å². The first-order valence-corrected chi connectivity index (χ1v) is 7.11. The predicted octanol–water partition coefficient (Wildman–Crippen LogP) is -5.77. The van der Waals surface area contributed by atoms with Gasteiger partial charge in [0.1, 0.15) is 0 Å². The SMILES string of the molecule is NC(N)=NCCC[C@H](N)C(=O)[O-].NC(N)=NCCC[C@H](N)C(=O)[O-].[Cd+2]. The second-order valence-corrected chi connectivity index (χ2v) is 4.75. The average Bonchev–Trinajstić information content (AvgIpc) is 2.47. The van der Waals surface area contributed by atoms with Crippen molar-refractivity contribution in [3.63, 3.8) is 0 Å². The van der Waals surface area contributed by atoms with Gasteiger partial charge in [-0.05, 0) is 25.7 Å². The minimum absolute atomic E-state index is 0. The Bertz CT molecular complexity index is 399. The van der Waals surface area contributed by atoms with E-state index in [1.807, 2.05) is 0 Å². The van der Waals surface area contributed by atoms with Crippen LogP contribution in [0, 0.1) is 0 Å². The van der Waals surface area contributed by atoms with Gasteiger partial charge < -0.3 is 54.2 Å². The van der Waals surface area contributed by atoms with Crippen molar-refractivity contribution >= 4 is 23.9 Å². The molecule has 0 bridgehead atoms. The molecule has 0 aliphatic carbocycles. The molecular formula is C12H26CdN8O4. The fourth-order valence-corrected chi connectivity index (χ4v) is 1.27. The van der Waals surface area contributed by atoms with E-state index in [4.69, 9.17) is 34.4 Å². The number of rotatable bonds is 10. The molecular weight excluding hydrogens is 433 g/mol. The van der Waals surface area contributed by atoms with Crippen LogP contribution in [-0.2, 0) is 36.9 Å². The van der Waals surface area contributed by atoms with Gasteiger partial charge in [-0.2, -0.15) is 0 Å². The maximum Gasteiger partial charge on any atom is 2.00 e. The normalized spacial score (nSPS) is 11.6. The van der Waals surface area contributed by atoms with Crippen LogP contribution in [0.5, 0.6) is 0 Å². The van der Waals surface area contributed by atoms with E-state index >= 15 is 0 Å². The standard InChI is InChI=1S/2C6H14N4O2.Cd/c2*7-4(5(11)12)2-1-3-10-6(8)9;/h2*4H,1-3,7H2,(H,11,12)(H4,8,9,10);/q;;+2/p-2/t2*4-;/m00./s1. The molecule has 0 aromatic heterocycles. The van der Waals surface area contributed by atoms with Crippen LogP contribution in [0.2, 0.25) is 0 Å². The topological polar surface area (TPSA) is 261 Å². The molecule has 2 atom stereocenters. The Hall–Kier alpha value is -1.68. The Kier molecular flexibility index (Phi) is 19.3. The number of aliphatic imine (C=N–C) groups is 2. The molecule has 25 heavy (non-hydrogen) atoms. The van der Waals surface area contributed by atoms with Crippen LogP contribution in [0.15, 0.2) is 9.98 Å². The first-order valence-electron chi connectivity index (χ1n) is 7.11. The van der Waals surface area contributed by atoms with Crippen molar-refractivity contribution in [1.82, 2.24) is 0 Å². The number of nitrogens with two attached hydrogens (primary N) is 6. The van der Waals surface area contributed by atoms with Gasteiger partial charge in [-0.25, -0.2) is 0 Å². The molecule has 0 fully saturated rings. The molecule has 0 saturated heterocycles. The van der Waals surface area contributed by atoms with Crippen LogP contribution in [0.3, 0.4) is 0 Å². The second kappa shape index (κ2) is 17.2. The second-order valence-electron chi connectivity index (χ2n) is 4.75. The van der Waals surface area contributed by atoms with Crippen molar-refractivity contribution in [2.45, 2.75) is 37.8 Å². The number of aliphatic carboxylic acids is 2. The zero-order chi connectivity index (χ0) is 19.1. The molecule has 0 aliphatic heterocycles. The molecule has 12 nitrogen and oxygen atoms in total. The van der Waals surface area contributed by atoms with Crippen molar-refractivity contribution in [3.05, 3.63) is 0 Å². The Morgan fingerprint density at radius 1 is 0.760 bits per heavy atom. The van der Waals surface area contributed by atoms with E-state index in [0.717, 1.165) is 0 Å². The number of guanidine groups is 2. The smallest absolute Gasteiger partial charge is 0.548 e. The van der Waals surface area contributed by atoms with Gasteiger partial charge in [-0.15, -0.1) is 0 Å². The van der Waals surface area contributed by atoms with Crippen LogP contribution in [0.25, 0.3) is 0 Å². The van der Waals surface area contributed by atoms with E-state index in [0.29, 0.717) is 38.8 Å². The van der Waals surface area contributed by atoms with E-state index < -0.39 is 24.0 Å². The zero-order valence-corrected chi connectivity index (χ0v) is 18.1. The minimum atomic E-state index is -1.25. The van der Waals surface area contributed by atoms with Gasteiger partial charge in [0, 0.05) is 25.2 Å². The number of nitrogens with zero attached hydrogens (tertiary/aromatic N) is 2. The quantitative estimate of drug-likeness (QED) is 0.0780. The molecule has 0 aromatic carbocycles. The Morgan fingerprint density at radius 3 is 1.24 bits per heavy atom. The summed E-state index contributed by atoms with van der Waals surface area (Å²) in [5, 5.41) is 20.2. The summed E-state index contributed by atoms with van der Waals surface area (Å²) in [6.45, 7) is 0.784. The van der Waals surface area contributed by atoms with Crippen molar-refractivity contribution in [2.75, 3.05) is 13.1 Å². The monoisotopic (exact) mass is 460 g/mol. The molecule has 140 valence electrons. The summed E-state index contributed by atoms with van der Waals surface area (Å²) in [5.74, 6) is -2.51. The van der Waals surface area contributed by atoms with E-state index in [1.54, 1.807) is 0 Å². The molecule has 0 heterocycles. The van der Waals surface area contributed by atoms with Gasteiger partial charge in [0.25, 0.3) is 0 Å². The summed E-state index contributed by atoms with van der Waals surface area (Å²) in [6.07, 6.45) is 1.71. The van der Waals surface area contributed by atoms with Crippen LogP contribution in [0.1, 0.15) is 25.7 Å². The number of hydrogen-bond acceptors (Lipinski definition) is 8. The van der Waals surface area contributed by atoms with E-state index in [2.05, 4.69) is 9.98 Å². The molecule has 0 unspecified atom stereocenters. The molecule has 0 amide bonds. The fourth-order valence-electron chi connectivity index (χ4n) is 1.27. The predicted molar refractivity (Wildman–Crippen MR) is 85.8 cm³/mol. The summed E-state index contributed by atoms with van der Waals surface area (Å²) >= 11 is 0. The van der Waals surface area contributed by atoms with Crippen LogP contribution in [0.4, 0.5) is 0 Å². The first-order chi connectivity index (χ1) is 11.1. The third-order valence-electron chi connectivity index (χ3n) is 2.54. The van der Waals surface area contributed by atoms with Crippen LogP contribution >= 0.6 is 0 Å². The Balaban J connectivity index is -0.000000372. The van der Waals surface area contributed by atoms with E-state index in [1.165, 1.54) is 0 Å². The van der Waals surface area contributed by atoms with Crippen molar-refractivity contribution in [3.8, 4) is 0 Å². The molecule has 0 radical (unpaired) electrons. The summed E-state index contributed by atoms with van der Waals surface area (Å²) in [4.78, 5) is 27.5. The van der Waals surface area contributed by atoms with Crippen molar-refractivity contribution in [1.29, 1.82) is 0 Å². The molecule has 0 spiro atoms. The van der Waals surface area contributed by atoms with Crippen LogP contribution < -0.4 is 44.6 Å². The van der Waals surface area contributed by atoms with Crippen molar-refractivity contribution < 1.29 is 47.1 Å². The van der Waals surface area contributed by atoms with E-state index in [9.17, 15) is 19.8 Å². The molecule has 0 rings (SSSR count). The largest absolute Gasteiger partial charge is 2.00 e. The van der Waals surface area contributed by atoms with Gasteiger partial charge in [-0.3, -0.25) is 9.98 Å². The molecule has 0 aromatic rings. The molecule has 0 aliphatic rings.